The molecule has 3 heteroatoms. The zero-order valence-corrected chi connectivity index (χ0v) is 11.5. The quantitative estimate of drug-likeness (QED) is 0.789. The third-order valence-electron chi connectivity index (χ3n) is 4.93. The van der Waals surface area contributed by atoms with Crippen LogP contribution in [0.2, 0.25) is 0 Å². The first-order valence-electron chi connectivity index (χ1n) is 6.94. The molecule has 0 amide bonds. The minimum Gasteiger partial charge on any atom is -0.392 e. The highest BCUT2D eigenvalue weighted by Gasteiger charge is 2.48. The lowest BCUT2D eigenvalue weighted by molar-refractivity contribution is -0.127. The summed E-state index contributed by atoms with van der Waals surface area (Å²) in [7, 11) is 0. The number of carbonyl (C=O) groups excluding carboxylic acids is 1. The van der Waals surface area contributed by atoms with Gasteiger partial charge in [-0.1, -0.05) is 19.9 Å². The monoisotopic (exact) mass is 252 g/mol. The van der Waals surface area contributed by atoms with Gasteiger partial charge in [0.25, 0.3) is 0 Å². The van der Waals surface area contributed by atoms with Crippen LogP contribution in [0, 0.1) is 23.7 Å². The Morgan fingerprint density at radius 2 is 2.17 bits per heavy atom. The molecule has 0 aromatic rings. The molecule has 0 unspecified atom stereocenters. The second-order valence-electron chi connectivity index (χ2n) is 6.46. The van der Waals surface area contributed by atoms with Gasteiger partial charge in [0, 0.05) is 17.9 Å². The summed E-state index contributed by atoms with van der Waals surface area (Å²) in [6.07, 6.45) is 4.09. The Kier molecular flexibility index (Phi) is 3.65. The van der Waals surface area contributed by atoms with Gasteiger partial charge in [0.05, 0.1) is 12.2 Å². The van der Waals surface area contributed by atoms with Crippen molar-refractivity contribution < 1.29 is 15.0 Å². The van der Waals surface area contributed by atoms with Crippen LogP contribution in [0.25, 0.3) is 0 Å². The van der Waals surface area contributed by atoms with Crippen molar-refractivity contribution in [1.29, 1.82) is 0 Å². The lowest BCUT2D eigenvalue weighted by atomic mass is 9.58. The molecule has 102 valence electrons. The second kappa shape index (κ2) is 4.78. The maximum absolute atomic E-state index is 11.9. The van der Waals surface area contributed by atoms with E-state index in [1.807, 2.05) is 13.0 Å². The van der Waals surface area contributed by atoms with Gasteiger partial charge in [-0.2, -0.15) is 0 Å². The Balaban J connectivity index is 2.36. The van der Waals surface area contributed by atoms with E-state index in [4.69, 9.17) is 0 Å². The molecule has 0 aliphatic heterocycles. The first kappa shape index (κ1) is 13.8. The van der Waals surface area contributed by atoms with Crippen LogP contribution >= 0.6 is 0 Å². The molecule has 2 aliphatic carbocycles. The van der Waals surface area contributed by atoms with Crippen molar-refractivity contribution in [2.75, 3.05) is 6.61 Å². The number of allylic oxidation sites excluding steroid dienone is 1. The van der Waals surface area contributed by atoms with E-state index in [9.17, 15) is 15.0 Å². The molecule has 2 aliphatic rings. The van der Waals surface area contributed by atoms with Gasteiger partial charge in [0.15, 0.2) is 5.78 Å². The molecule has 0 saturated heterocycles. The highest BCUT2D eigenvalue weighted by Crippen LogP contribution is 2.48. The molecule has 0 heterocycles. The Morgan fingerprint density at radius 1 is 1.50 bits per heavy atom. The number of aliphatic hydroxyl groups is 2. The Morgan fingerprint density at radius 3 is 2.72 bits per heavy atom. The van der Waals surface area contributed by atoms with Crippen LogP contribution in [0.1, 0.15) is 40.0 Å². The van der Waals surface area contributed by atoms with E-state index in [0.717, 1.165) is 12.8 Å². The standard InChI is InChI=1S/C15H24O3/c1-9(2)11-4-5-15(3,18)13-7-14(17)10(8-16)6-12(11)13/h6,9,11-13,16,18H,4-5,7-8H2,1-3H3/t11-,12+,13+,15-/m1/s1. The van der Waals surface area contributed by atoms with E-state index in [1.54, 1.807) is 0 Å². The highest BCUT2D eigenvalue weighted by molar-refractivity contribution is 5.96. The van der Waals surface area contributed by atoms with Crippen molar-refractivity contribution in [3.63, 3.8) is 0 Å². The largest absolute Gasteiger partial charge is 0.392 e. The van der Waals surface area contributed by atoms with Crippen molar-refractivity contribution in [2.24, 2.45) is 23.7 Å². The van der Waals surface area contributed by atoms with E-state index in [2.05, 4.69) is 13.8 Å². The fourth-order valence-electron chi connectivity index (χ4n) is 3.72. The summed E-state index contributed by atoms with van der Waals surface area (Å²) >= 11 is 0. The van der Waals surface area contributed by atoms with Crippen LogP contribution in [-0.2, 0) is 4.79 Å². The van der Waals surface area contributed by atoms with Crippen LogP contribution < -0.4 is 0 Å². The summed E-state index contributed by atoms with van der Waals surface area (Å²) in [5.41, 5.74) is -0.206. The van der Waals surface area contributed by atoms with E-state index in [1.165, 1.54) is 0 Å². The van der Waals surface area contributed by atoms with Crippen molar-refractivity contribution >= 4 is 5.78 Å². The summed E-state index contributed by atoms with van der Waals surface area (Å²) < 4.78 is 0. The minimum atomic E-state index is -0.747. The summed E-state index contributed by atoms with van der Waals surface area (Å²) in [6.45, 7) is 6.08. The predicted molar refractivity (Wildman–Crippen MR) is 70.0 cm³/mol. The first-order chi connectivity index (χ1) is 8.36. The van der Waals surface area contributed by atoms with E-state index in [0.29, 0.717) is 23.8 Å². The van der Waals surface area contributed by atoms with Gasteiger partial charge >= 0.3 is 0 Å². The second-order valence-corrected chi connectivity index (χ2v) is 6.46. The first-order valence-corrected chi connectivity index (χ1v) is 6.94. The van der Waals surface area contributed by atoms with Crippen molar-refractivity contribution in [1.82, 2.24) is 0 Å². The maximum Gasteiger partial charge on any atom is 0.161 e. The predicted octanol–water partition coefficient (Wildman–Crippen LogP) is 1.93. The average molecular weight is 252 g/mol. The normalized spacial score (nSPS) is 40.7. The van der Waals surface area contributed by atoms with Gasteiger partial charge in [0.2, 0.25) is 0 Å². The van der Waals surface area contributed by atoms with Gasteiger partial charge in [-0.3, -0.25) is 4.79 Å². The van der Waals surface area contributed by atoms with E-state index >= 15 is 0 Å². The highest BCUT2D eigenvalue weighted by atomic mass is 16.3. The van der Waals surface area contributed by atoms with Gasteiger partial charge < -0.3 is 10.2 Å². The Hall–Kier alpha value is -0.670. The molecule has 3 nitrogen and oxygen atoms in total. The van der Waals surface area contributed by atoms with Crippen LogP contribution in [0.15, 0.2) is 11.6 Å². The molecule has 4 atom stereocenters. The molecule has 18 heavy (non-hydrogen) atoms. The molecule has 2 N–H and O–H groups in total. The molecule has 0 spiro atoms. The van der Waals surface area contributed by atoms with Gasteiger partial charge in [-0.15, -0.1) is 0 Å². The lowest BCUT2D eigenvalue weighted by Gasteiger charge is -2.49. The third kappa shape index (κ3) is 2.26. The molecular formula is C15H24O3. The number of carbonyl (C=O) groups is 1. The number of fused-ring (bicyclic) bond motifs is 1. The van der Waals surface area contributed by atoms with Crippen LogP contribution in [-0.4, -0.2) is 28.2 Å². The van der Waals surface area contributed by atoms with Crippen molar-refractivity contribution in [3.05, 3.63) is 11.6 Å². The molecule has 0 aromatic heterocycles. The molecule has 0 aromatic carbocycles. The Bertz CT molecular complexity index is 368. The number of Topliss-reactive ketones (excluding diaryl/α,β-unsaturated/α-hetero) is 1. The Labute approximate surface area is 109 Å². The molecular weight excluding hydrogens is 228 g/mol. The van der Waals surface area contributed by atoms with Gasteiger partial charge in [-0.25, -0.2) is 0 Å². The molecule has 0 radical (unpaired) electrons. The molecule has 0 bridgehead atoms. The fraction of sp³-hybridized carbons (Fsp3) is 0.800. The topological polar surface area (TPSA) is 57.5 Å². The van der Waals surface area contributed by atoms with E-state index < -0.39 is 5.60 Å². The van der Waals surface area contributed by atoms with E-state index in [-0.39, 0.29) is 24.2 Å². The SMILES string of the molecule is CC(C)[C@H]1CC[C@@](C)(O)[C@H]2CC(=O)C(CO)=C[C@@H]12. The van der Waals surface area contributed by atoms with Gasteiger partial charge in [-0.05, 0) is 37.5 Å². The van der Waals surface area contributed by atoms with Crippen LogP contribution in [0.5, 0.6) is 0 Å². The fourth-order valence-corrected chi connectivity index (χ4v) is 3.72. The number of rotatable bonds is 2. The average Bonchev–Trinajstić information content (AvgIpc) is 2.29. The maximum atomic E-state index is 11.9. The summed E-state index contributed by atoms with van der Waals surface area (Å²) in [5.74, 6) is 1.29. The summed E-state index contributed by atoms with van der Waals surface area (Å²) in [5, 5.41) is 19.8. The van der Waals surface area contributed by atoms with Crippen LogP contribution in [0.4, 0.5) is 0 Å². The van der Waals surface area contributed by atoms with Gasteiger partial charge in [0.1, 0.15) is 0 Å². The smallest absolute Gasteiger partial charge is 0.161 e. The number of hydrogen-bond acceptors (Lipinski definition) is 3. The lowest BCUT2D eigenvalue weighted by Crippen LogP contribution is -2.49. The zero-order chi connectivity index (χ0) is 13.5. The molecule has 2 rings (SSSR count). The van der Waals surface area contributed by atoms with Crippen molar-refractivity contribution in [3.8, 4) is 0 Å². The van der Waals surface area contributed by atoms with Crippen molar-refractivity contribution in [2.45, 2.75) is 45.6 Å². The molecule has 1 saturated carbocycles. The molecule has 1 fully saturated rings. The summed E-state index contributed by atoms with van der Waals surface area (Å²) in [6, 6.07) is 0. The number of hydrogen-bond donors (Lipinski definition) is 2. The minimum absolute atomic E-state index is 0.00318. The summed E-state index contributed by atoms with van der Waals surface area (Å²) in [4.78, 5) is 11.9. The number of aliphatic hydroxyl groups excluding tert-OH is 1. The zero-order valence-electron chi connectivity index (χ0n) is 11.5. The third-order valence-corrected chi connectivity index (χ3v) is 4.93. The van der Waals surface area contributed by atoms with Crippen LogP contribution in [0.3, 0.4) is 0 Å². The number of ketones is 1.